The molecule has 0 unspecified atom stereocenters. The number of pyridine rings is 2. The van der Waals surface area contributed by atoms with E-state index in [1.165, 1.54) is 96.0 Å². The van der Waals surface area contributed by atoms with Gasteiger partial charge in [-0.1, -0.05) is 58.7 Å². The van der Waals surface area contributed by atoms with Crippen LogP contribution in [0, 0.1) is 40.0 Å². The first-order chi connectivity index (χ1) is 46.8. The van der Waals surface area contributed by atoms with Crippen molar-refractivity contribution in [2.45, 2.75) is 39.5 Å². The van der Waals surface area contributed by atoms with E-state index in [0.29, 0.717) is 9.93 Å². The number of thiazole rings is 6. The summed E-state index contributed by atoms with van der Waals surface area (Å²) in [6, 6.07) is 61.0. The van der Waals surface area contributed by atoms with Gasteiger partial charge < -0.3 is 20.9 Å². The normalized spacial score (nSPS) is 12.1. The second-order valence-corrected chi connectivity index (χ2v) is 30.4. The van der Waals surface area contributed by atoms with Crippen LogP contribution in [0.1, 0.15) is 34.8 Å². The van der Waals surface area contributed by atoms with Crippen LogP contribution in [0.4, 0.5) is 20.9 Å². The number of thioether (sulfide) groups is 1. The smallest absolute Gasteiger partial charge is 0.182 e. The van der Waals surface area contributed by atoms with Gasteiger partial charge in [-0.15, -0.1) is 45.3 Å². The highest BCUT2D eigenvalue weighted by Gasteiger charge is 2.23. The third kappa shape index (κ3) is 15.5. The molecule has 0 bridgehead atoms. The van der Waals surface area contributed by atoms with Gasteiger partial charge >= 0.3 is 0 Å². The second-order valence-electron chi connectivity index (χ2n) is 23.1. The first-order valence-electron chi connectivity index (χ1n) is 31.2. The molecule has 5 N–H and O–H groups in total. The van der Waals surface area contributed by atoms with Crippen LogP contribution >= 0.6 is 79.8 Å². The minimum absolute atomic E-state index is 0.571. The average Bonchev–Trinajstić information content (AvgIpc) is 1.66. The van der Waals surface area contributed by atoms with E-state index < -0.39 is 7.15 Å². The molecule has 0 saturated carbocycles. The van der Waals surface area contributed by atoms with E-state index in [9.17, 15) is 4.39 Å². The van der Waals surface area contributed by atoms with Gasteiger partial charge in [0.15, 0.2) is 34.7 Å². The average molecular weight is 1390 g/mol. The fourth-order valence-corrected chi connectivity index (χ4v) is 17.5. The molecule has 1 aliphatic heterocycles. The first kappa shape index (κ1) is 65.3. The summed E-state index contributed by atoms with van der Waals surface area (Å²) in [5.74, 6) is 0. The number of hydrogen-bond acceptors (Lipinski definition) is 16. The summed E-state index contributed by atoms with van der Waals surface area (Å²) in [5.41, 5.74) is 31.9. The Hall–Kier alpha value is -9.38. The molecule has 12 nitrogen and oxygen atoms in total. The van der Waals surface area contributed by atoms with Crippen molar-refractivity contribution in [3.05, 3.63) is 244 Å². The third-order valence-corrected chi connectivity index (χ3v) is 22.9. The van der Waals surface area contributed by atoms with Crippen LogP contribution < -0.4 is 30.3 Å². The third-order valence-electron chi connectivity index (χ3n) is 15.6. The molecule has 0 amide bonds. The molecule has 1 aliphatic rings. The zero-order valence-corrected chi connectivity index (χ0v) is 60.0. The van der Waals surface area contributed by atoms with E-state index >= 15 is 0 Å². The number of anilines is 3. The maximum Gasteiger partial charge on any atom is 0.182 e. The zero-order valence-electron chi connectivity index (χ0n) is 55.3. The molecule has 17 rings (SSSR count). The van der Waals surface area contributed by atoms with Crippen molar-refractivity contribution in [2.75, 3.05) is 30.6 Å². The SMILES string of the molecule is Cc1cc[n+](C)cc1.Cc1ccc2nc(-c3ccc(N)cc3)sc2c1.Cc1ccc2nc(-c3ccc4c(c3)S/C(=C\c3cc[n+](C)cc3)N4C)sc2c1.Cc1ccc2nc(-c3ccc4c(c3)sc(=N)n4C)sc2c1.Cc1ccc2nc(-c3ccc4nc(N)sc4c3)sc2c1.[2H]CF. The molecular weight excluding hydrogens is 1320 g/mol. The number of benzene rings is 8. The Morgan fingerprint density at radius 1 is 0.448 bits per heavy atom. The summed E-state index contributed by atoms with van der Waals surface area (Å²) < 4.78 is 28.7. The predicted octanol–water partition coefficient (Wildman–Crippen LogP) is 19.7. The Bertz CT molecular complexity index is 5550. The van der Waals surface area contributed by atoms with E-state index in [1.54, 1.807) is 45.3 Å². The molecule has 480 valence electrons. The van der Waals surface area contributed by atoms with E-state index in [4.69, 9.17) is 33.2 Å². The predicted molar refractivity (Wildman–Crippen MR) is 411 cm³/mol. The van der Waals surface area contributed by atoms with Gasteiger partial charge in [0.2, 0.25) is 0 Å². The number of hydrogen-bond donors (Lipinski definition) is 3. The van der Waals surface area contributed by atoms with Gasteiger partial charge in [-0.2, -0.15) is 0 Å². The molecule has 0 spiro atoms. The van der Waals surface area contributed by atoms with Crippen LogP contribution in [-0.4, -0.2) is 43.7 Å². The summed E-state index contributed by atoms with van der Waals surface area (Å²) in [4.78, 5) is 27.3. The highest BCUT2D eigenvalue weighted by molar-refractivity contribution is 8.03. The van der Waals surface area contributed by atoms with Crippen LogP contribution in [-0.2, 0) is 21.1 Å². The molecule has 0 aliphatic carbocycles. The molecule has 0 radical (unpaired) electrons. The van der Waals surface area contributed by atoms with Crippen LogP contribution in [0.2, 0.25) is 0 Å². The van der Waals surface area contributed by atoms with Crippen molar-refractivity contribution in [3.8, 4) is 42.3 Å². The quantitative estimate of drug-likeness (QED) is 0.113. The maximum absolute atomic E-state index is 9.96. The molecule has 9 heterocycles. The number of nitrogens with zero attached hydrogens (tertiary/aromatic N) is 9. The van der Waals surface area contributed by atoms with Crippen molar-refractivity contribution >= 4 is 164 Å². The lowest BCUT2D eigenvalue weighted by molar-refractivity contribution is -0.671. The van der Waals surface area contributed by atoms with E-state index in [1.807, 2.05) is 89.3 Å². The summed E-state index contributed by atoms with van der Waals surface area (Å²) in [6.07, 6.45) is 10.5. The van der Waals surface area contributed by atoms with Gasteiger partial charge in [0, 0.05) is 71.2 Å². The largest absolute Gasteiger partial charge is 0.399 e. The van der Waals surface area contributed by atoms with E-state index in [-0.39, 0.29) is 0 Å². The zero-order chi connectivity index (χ0) is 68.0. The molecule has 0 atom stereocenters. The lowest BCUT2D eigenvalue weighted by Gasteiger charge is -2.13. The van der Waals surface area contributed by atoms with Gasteiger partial charge in [-0.05, 0) is 201 Å². The van der Waals surface area contributed by atoms with Crippen LogP contribution in [0.5, 0.6) is 0 Å². The fraction of sp³-hybridized carbons (Fsp3) is 0.132. The van der Waals surface area contributed by atoms with E-state index in [0.717, 1.165) is 84.9 Å². The fourth-order valence-electron chi connectivity index (χ4n) is 10.4. The van der Waals surface area contributed by atoms with Crippen molar-refractivity contribution in [1.82, 2.24) is 29.5 Å². The van der Waals surface area contributed by atoms with E-state index in [2.05, 4.69) is 221 Å². The molecule has 8 aromatic heterocycles. The van der Waals surface area contributed by atoms with Gasteiger partial charge in [-0.25, -0.2) is 34.1 Å². The minimum Gasteiger partial charge on any atom is -0.399 e. The Kier molecular flexibility index (Phi) is 19.9. The van der Waals surface area contributed by atoms with Crippen molar-refractivity contribution in [3.63, 3.8) is 0 Å². The molecule has 20 heteroatoms. The highest BCUT2D eigenvalue weighted by Crippen LogP contribution is 2.48. The Balaban J connectivity index is 0.000000119. The van der Waals surface area contributed by atoms with Crippen molar-refractivity contribution < 1.29 is 14.9 Å². The number of rotatable bonds is 5. The number of nitrogens with two attached hydrogens (primary N) is 2. The Labute approximate surface area is 586 Å². The first-order valence-corrected chi connectivity index (χ1v) is 36.2. The summed E-state index contributed by atoms with van der Waals surface area (Å²) in [6.45, 7) is 10.5. The highest BCUT2D eigenvalue weighted by atomic mass is 32.2. The number of nitrogens with one attached hydrogen (secondary N) is 1. The topological polar surface area (TPSA) is 156 Å². The van der Waals surface area contributed by atoms with Crippen LogP contribution in [0.15, 0.2) is 211 Å². The van der Waals surface area contributed by atoms with Crippen molar-refractivity contribution in [2.24, 2.45) is 21.1 Å². The number of nitrogen functional groups attached to an aromatic ring is 2. The molecule has 0 fully saturated rings. The maximum atomic E-state index is 9.96. The van der Waals surface area contributed by atoms with Crippen molar-refractivity contribution in [1.29, 1.82) is 5.41 Å². The summed E-state index contributed by atoms with van der Waals surface area (Å²) in [5, 5.41) is 14.0. The van der Waals surface area contributed by atoms with Gasteiger partial charge in [0.25, 0.3) is 0 Å². The summed E-state index contributed by atoms with van der Waals surface area (Å²) >= 11 is 11.8. The standard InChI is InChI=1S/C23H20N3S2.C16H13N3S2.C15H11N3S2.C14H12N2S.C7H10N.CH3F/c1-15-4-6-18-20(12-15)28-23(24-18)17-5-7-19-21(14-17)27-22(26(19)3)13-16-8-10-25(2)11-9-16;1-9-3-5-11-13(7-9)20-15(18-11)10-4-6-12-14(8-10)21-16(17)19(12)2;1-8-2-4-10-12(6-8)19-14(17-10)9-3-5-11-13(7-9)20-15(16)18-11;1-9-2-7-12-13(8-9)17-14(16-12)10-3-5-11(15)6-4-10;1-7-3-5-8(2)6-4-7;1-2/h4-14H,1-3H3;3-8,17H,1-2H3;2-7H,1H3,(H2,16,18);2-8H,15H2,1H3;3-6H,1-2H3;1H3/q+1;;;;+1;/i;;;;;1D. The van der Waals surface area contributed by atoms with Crippen LogP contribution in [0.25, 0.3) is 110 Å². The molecule has 96 heavy (non-hydrogen) atoms. The molecular formula is C76H69FN12S7+2. The lowest BCUT2D eigenvalue weighted by atomic mass is 10.2. The number of aromatic nitrogens is 8. The number of aryl methyl sites for hydroxylation is 8. The Morgan fingerprint density at radius 3 is 1.33 bits per heavy atom. The molecule has 8 aromatic carbocycles. The van der Waals surface area contributed by atoms with Gasteiger partial charge in [0.05, 0.1) is 80.5 Å². The number of fused-ring (bicyclic) bond motifs is 7. The Morgan fingerprint density at radius 2 is 0.844 bits per heavy atom. The minimum atomic E-state index is -1.00. The lowest BCUT2D eigenvalue weighted by Crippen LogP contribution is -2.25. The van der Waals surface area contributed by atoms with Gasteiger partial charge in [-0.3, -0.25) is 9.80 Å². The molecule has 0 saturated heterocycles. The number of alkyl halides is 1. The van der Waals surface area contributed by atoms with Gasteiger partial charge in [0.1, 0.15) is 34.1 Å². The monoisotopic (exact) mass is 1390 g/mol. The molecule has 16 aromatic rings. The number of halogens is 1. The summed E-state index contributed by atoms with van der Waals surface area (Å²) in [7, 11) is 7.11. The second kappa shape index (κ2) is 29.3. The van der Waals surface area contributed by atoms with Crippen LogP contribution in [0.3, 0.4) is 0 Å².